The second-order valence-electron chi connectivity index (χ2n) is 7.21. The predicted molar refractivity (Wildman–Crippen MR) is 124 cm³/mol. The van der Waals surface area contributed by atoms with Crippen molar-refractivity contribution in [1.29, 1.82) is 0 Å². The van der Waals surface area contributed by atoms with Crippen LogP contribution < -0.4 is 10.1 Å². The number of halogens is 2. The van der Waals surface area contributed by atoms with Crippen molar-refractivity contribution in [2.45, 2.75) is 19.4 Å². The van der Waals surface area contributed by atoms with Crippen molar-refractivity contribution < 1.29 is 14.3 Å². The van der Waals surface area contributed by atoms with Crippen molar-refractivity contribution in [3.05, 3.63) is 99.5 Å². The van der Waals surface area contributed by atoms with E-state index in [0.29, 0.717) is 28.6 Å². The van der Waals surface area contributed by atoms with Gasteiger partial charge >= 0.3 is 0 Å². The van der Waals surface area contributed by atoms with Crippen LogP contribution in [0.25, 0.3) is 0 Å². The maximum atomic E-state index is 13.0. The smallest absolute Gasteiger partial charge is 0.224 e. The second-order valence-corrected chi connectivity index (χ2v) is 8.02. The van der Waals surface area contributed by atoms with Crippen molar-refractivity contribution in [2.24, 2.45) is 5.92 Å². The van der Waals surface area contributed by atoms with Crippen molar-refractivity contribution >= 4 is 34.9 Å². The molecule has 0 aliphatic rings. The number of rotatable bonds is 9. The van der Waals surface area contributed by atoms with E-state index in [4.69, 9.17) is 27.9 Å². The summed E-state index contributed by atoms with van der Waals surface area (Å²) in [4.78, 5) is 25.9. The molecule has 0 saturated carbocycles. The zero-order chi connectivity index (χ0) is 22.2. The summed E-state index contributed by atoms with van der Waals surface area (Å²) >= 11 is 12.0. The maximum absolute atomic E-state index is 13.0. The van der Waals surface area contributed by atoms with Crippen LogP contribution in [-0.2, 0) is 17.8 Å². The first-order valence-electron chi connectivity index (χ1n) is 9.89. The molecule has 0 spiro atoms. The molecule has 0 bridgehead atoms. The van der Waals surface area contributed by atoms with Crippen molar-refractivity contribution in [3.8, 4) is 5.75 Å². The lowest BCUT2D eigenvalue weighted by Gasteiger charge is -2.17. The summed E-state index contributed by atoms with van der Waals surface area (Å²) in [5, 5.41) is 3.66. The Kier molecular flexibility index (Phi) is 8.10. The molecule has 160 valence electrons. The average molecular weight is 456 g/mol. The predicted octanol–water partition coefficient (Wildman–Crippen LogP) is 5.75. The van der Waals surface area contributed by atoms with Crippen LogP contribution in [0, 0.1) is 5.92 Å². The summed E-state index contributed by atoms with van der Waals surface area (Å²) in [7, 11) is 1.61. The fourth-order valence-electron chi connectivity index (χ4n) is 3.24. The van der Waals surface area contributed by atoms with Gasteiger partial charge in [-0.25, -0.2) is 0 Å². The Balaban J connectivity index is 1.72. The molecule has 0 aliphatic carbocycles. The van der Waals surface area contributed by atoms with Gasteiger partial charge in [-0.05, 0) is 47.9 Å². The van der Waals surface area contributed by atoms with Crippen LogP contribution in [0.15, 0.2) is 72.8 Å². The van der Waals surface area contributed by atoms with Crippen LogP contribution in [0.3, 0.4) is 0 Å². The molecular weight excluding hydrogens is 433 g/mol. The first-order valence-corrected chi connectivity index (χ1v) is 10.6. The van der Waals surface area contributed by atoms with Gasteiger partial charge in [0.15, 0.2) is 5.78 Å². The van der Waals surface area contributed by atoms with Crippen LogP contribution in [-0.4, -0.2) is 18.8 Å². The molecule has 1 N–H and O–H groups in total. The summed E-state index contributed by atoms with van der Waals surface area (Å²) < 4.78 is 5.16. The van der Waals surface area contributed by atoms with Crippen LogP contribution in [0.5, 0.6) is 5.75 Å². The highest BCUT2D eigenvalue weighted by atomic mass is 35.5. The SMILES string of the molecule is COc1ccc(CNC(=O)[C@H](CC(=O)c2ccc(Cl)c(Cl)c2)Cc2ccccc2)cc1. The number of amides is 1. The number of hydrogen-bond acceptors (Lipinski definition) is 3. The zero-order valence-corrected chi connectivity index (χ0v) is 18.6. The van der Waals surface area contributed by atoms with E-state index in [2.05, 4.69) is 5.32 Å². The van der Waals surface area contributed by atoms with Gasteiger partial charge in [-0.15, -0.1) is 0 Å². The topological polar surface area (TPSA) is 55.4 Å². The number of nitrogens with one attached hydrogen (secondary N) is 1. The molecule has 0 unspecified atom stereocenters. The third kappa shape index (κ3) is 6.58. The van der Waals surface area contributed by atoms with Crippen LogP contribution >= 0.6 is 23.2 Å². The van der Waals surface area contributed by atoms with Crippen molar-refractivity contribution in [3.63, 3.8) is 0 Å². The van der Waals surface area contributed by atoms with Crippen LogP contribution in [0.1, 0.15) is 27.9 Å². The minimum Gasteiger partial charge on any atom is -0.497 e. The zero-order valence-electron chi connectivity index (χ0n) is 17.1. The number of methoxy groups -OCH3 is 1. The largest absolute Gasteiger partial charge is 0.497 e. The summed E-state index contributed by atoms with van der Waals surface area (Å²) in [6, 6.07) is 21.9. The summed E-state index contributed by atoms with van der Waals surface area (Å²) in [5.74, 6) is -0.0842. The Morgan fingerprint density at radius 2 is 1.61 bits per heavy atom. The van der Waals surface area contributed by atoms with Gasteiger partial charge in [0.25, 0.3) is 0 Å². The Hall–Kier alpha value is -2.82. The average Bonchev–Trinajstić information content (AvgIpc) is 2.79. The van der Waals surface area contributed by atoms with Crippen LogP contribution in [0.2, 0.25) is 10.0 Å². The lowest BCUT2D eigenvalue weighted by Crippen LogP contribution is -2.33. The molecule has 3 rings (SSSR count). The summed E-state index contributed by atoms with van der Waals surface area (Å²) in [6.07, 6.45) is 0.531. The molecule has 1 atom stereocenters. The second kappa shape index (κ2) is 11.0. The molecule has 0 radical (unpaired) electrons. The highest BCUT2D eigenvalue weighted by Crippen LogP contribution is 2.24. The van der Waals surface area contributed by atoms with E-state index in [0.717, 1.165) is 16.9 Å². The summed E-state index contributed by atoms with van der Waals surface area (Å²) in [6.45, 7) is 0.370. The number of Topliss-reactive ketones (excluding diaryl/α,β-unsaturated/α-hetero) is 1. The minimum absolute atomic E-state index is 0.0707. The molecule has 0 saturated heterocycles. The molecule has 6 heteroatoms. The van der Waals surface area contributed by atoms with Gasteiger partial charge in [0.05, 0.1) is 17.2 Å². The molecule has 4 nitrogen and oxygen atoms in total. The number of benzene rings is 3. The molecule has 3 aromatic rings. The molecule has 31 heavy (non-hydrogen) atoms. The third-order valence-electron chi connectivity index (χ3n) is 4.99. The first kappa shape index (κ1) is 22.9. The van der Waals surface area contributed by atoms with Gasteiger partial charge in [-0.2, -0.15) is 0 Å². The van der Waals surface area contributed by atoms with Gasteiger partial charge in [-0.3, -0.25) is 9.59 Å². The van der Waals surface area contributed by atoms with E-state index in [1.54, 1.807) is 25.3 Å². The van der Waals surface area contributed by atoms with Crippen molar-refractivity contribution in [2.75, 3.05) is 7.11 Å². The van der Waals surface area contributed by atoms with E-state index in [-0.39, 0.29) is 18.1 Å². The van der Waals surface area contributed by atoms with Gasteiger partial charge < -0.3 is 10.1 Å². The molecule has 0 fully saturated rings. The Labute approximate surface area is 192 Å². The molecule has 0 heterocycles. The van der Waals surface area contributed by atoms with Gasteiger partial charge in [0, 0.05) is 24.4 Å². The normalized spacial score (nSPS) is 11.6. The highest BCUT2D eigenvalue weighted by molar-refractivity contribution is 6.42. The van der Waals surface area contributed by atoms with E-state index < -0.39 is 5.92 Å². The maximum Gasteiger partial charge on any atom is 0.224 e. The molecule has 0 aromatic heterocycles. The molecule has 0 aliphatic heterocycles. The number of ketones is 1. The van der Waals surface area contributed by atoms with E-state index in [1.807, 2.05) is 54.6 Å². The lowest BCUT2D eigenvalue weighted by atomic mass is 9.91. The first-order chi connectivity index (χ1) is 15.0. The lowest BCUT2D eigenvalue weighted by molar-refractivity contribution is -0.125. The monoisotopic (exact) mass is 455 g/mol. The Bertz CT molecular complexity index is 1040. The van der Waals surface area contributed by atoms with Gasteiger partial charge in [0.1, 0.15) is 5.75 Å². The Morgan fingerprint density at radius 1 is 0.903 bits per heavy atom. The third-order valence-corrected chi connectivity index (χ3v) is 5.73. The van der Waals surface area contributed by atoms with E-state index in [1.165, 1.54) is 0 Å². The molecule has 3 aromatic carbocycles. The highest BCUT2D eigenvalue weighted by Gasteiger charge is 2.23. The van der Waals surface area contributed by atoms with E-state index in [9.17, 15) is 9.59 Å². The number of hydrogen-bond donors (Lipinski definition) is 1. The van der Waals surface area contributed by atoms with Crippen molar-refractivity contribution in [1.82, 2.24) is 5.32 Å². The number of ether oxygens (including phenoxy) is 1. The fourth-order valence-corrected chi connectivity index (χ4v) is 3.54. The molecule has 1 amide bonds. The Morgan fingerprint density at radius 3 is 2.26 bits per heavy atom. The van der Waals surface area contributed by atoms with Gasteiger partial charge in [-0.1, -0.05) is 65.7 Å². The number of carbonyl (C=O) groups excluding carboxylic acids is 2. The summed E-state index contributed by atoms with van der Waals surface area (Å²) in [5.41, 5.74) is 2.38. The van der Waals surface area contributed by atoms with E-state index >= 15 is 0 Å². The minimum atomic E-state index is -0.511. The standard InChI is InChI=1S/C25H23Cl2NO3/c1-31-21-10-7-18(8-11-21)16-28-25(30)20(13-17-5-3-2-4-6-17)15-24(29)19-9-12-22(26)23(27)14-19/h2-12,14,20H,13,15-16H2,1H3,(H,28,30)/t20-/m0/s1. The quantitative estimate of drug-likeness (QED) is 0.417. The van der Waals surface area contributed by atoms with Gasteiger partial charge in [0.2, 0.25) is 5.91 Å². The fraction of sp³-hybridized carbons (Fsp3) is 0.200. The molecular formula is C25H23Cl2NO3. The van der Waals surface area contributed by atoms with Crippen LogP contribution in [0.4, 0.5) is 0 Å². The number of carbonyl (C=O) groups is 2.